The second-order valence-electron chi connectivity index (χ2n) is 4.74. The van der Waals surface area contributed by atoms with Gasteiger partial charge in [-0.25, -0.2) is 9.67 Å². The van der Waals surface area contributed by atoms with Crippen LogP contribution in [-0.2, 0) is 13.0 Å². The van der Waals surface area contributed by atoms with Crippen LogP contribution in [0.5, 0.6) is 0 Å². The van der Waals surface area contributed by atoms with E-state index in [1.165, 1.54) is 4.88 Å². The summed E-state index contributed by atoms with van der Waals surface area (Å²) in [4.78, 5) is 16.4. The molecule has 114 valence electrons. The van der Waals surface area contributed by atoms with Crippen LogP contribution in [0.25, 0.3) is 0 Å². The molecule has 0 saturated carbocycles. The number of rotatable bonds is 6. The predicted molar refractivity (Wildman–Crippen MR) is 82.8 cm³/mol. The zero-order valence-corrected chi connectivity index (χ0v) is 13.4. The van der Waals surface area contributed by atoms with E-state index >= 15 is 0 Å². The molecule has 2 rings (SSSR count). The van der Waals surface area contributed by atoms with Gasteiger partial charge in [-0.05, 0) is 27.2 Å². The molecule has 2 aromatic rings. The minimum absolute atomic E-state index is 0.0379. The number of hydrogen-bond acceptors (Lipinski definition) is 6. The summed E-state index contributed by atoms with van der Waals surface area (Å²) in [5.74, 6) is 0.445. The standard InChI is InChI=1S/C13H19N5O2S/c1-5-10-7-14-13(21-10)9(4)15-12-11(18(19)20)8(3)16-17(12)6-2/h7,9,15H,5-6H2,1-4H3. The molecule has 0 aliphatic rings. The van der Waals surface area contributed by atoms with Crippen molar-refractivity contribution >= 4 is 22.8 Å². The minimum Gasteiger partial charge on any atom is -0.356 e. The number of nitrogens with zero attached hydrogens (tertiary/aromatic N) is 4. The quantitative estimate of drug-likeness (QED) is 0.653. The lowest BCUT2D eigenvalue weighted by molar-refractivity contribution is -0.384. The third kappa shape index (κ3) is 3.05. The van der Waals surface area contributed by atoms with E-state index in [2.05, 4.69) is 22.3 Å². The number of hydrogen-bond donors (Lipinski definition) is 1. The Hall–Kier alpha value is -1.96. The average Bonchev–Trinajstić information content (AvgIpc) is 3.03. The van der Waals surface area contributed by atoms with Crippen molar-refractivity contribution in [2.45, 2.75) is 46.7 Å². The SMILES string of the molecule is CCc1cnc(C(C)Nc2c([N+](=O)[O-])c(C)nn2CC)s1. The van der Waals surface area contributed by atoms with Gasteiger partial charge < -0.3 is 5.32 Å². The van der Waals surface area contributed by atoms with Crippen LogP contribution in [0.15, 0.2) is 6.20 Å². The predicted octanol–water partition coefficient (Wildman–Crippen LogP) is 3.31. The second-order valence-corrected chi connectivity index (χ2v) is 5.89. The summed E-state index contributed by atoms with van der Waals surface area (Å²) in [5, 5.41) is 19.6. The first-order chi connectivity index (χ1) is 9.97. The number of nitrogens with one attached hydrogen (secondary N) is 1. The fourth-order valence-corrected chi connectivity index (χ4v) is 2.97. The lowest BCUT2D eigenvalue weighted by Gasteiger charge is -2.13. The fraction of sp³-hybridized carbons (Fsp3) is 0.538. The Morgan fingerprint density at radius 2 is 2.24 bits per heavy atom. The molecule has 0 aliphatic heterocycles. The highest BCUT2D eigenvalue weighted by atomic mass is 32.1. The lowest BCUT2D eigenvalue weighted by atomic mass is 10.3. The molecule has 0 aliphatic carbocycles. The van der Waals surface area contributed by atoms with Gasteiger partial charge in [-0.1, -0.05) is 6.92 Å². The molecule has 7 nitrogen and oxygen atoms in total. The van der Waals surface area contributed by atoms with Crippen LogP contribution in [0.3, 0.4) is 0 Å². The molecule has 0 spiro atoms. The highest BCUT2D eigenvalue weighted by Crippen LogP contribution is 2.32. The number of nitro groups is 1. The molecule has 0 saturated heterocycles. The Bertz CT molecular complexity index is 649. The van der Waals surface area contributed by atoms with E-state index in [4.69, 9.17) is 0 Å². The summed E-state index contributed by atoms with van der Waals surface area (Å²) in [6.07, 6.45) is 2.80. The van der Waals surface area contributed by atoms with E-state index in [0.29, 0.717) is 18.1 Å². The van der Waals surface area contributed by atoms with E-state index in [1.807, 2.05) is 20.0 Å². The van der Waals surface area contributed by atoms with Crippen LogP contribution < -0.4 is 5.32 Å². The molecule has 21 heavy (non-hydrogen) atoms. The topological polar surface area (TPSA) is 85.9 Å². The van der Waals surface area contributed by atoms with Gasteiger partial charge in [0.25, 0.3) is 0 Å². The third-order valence-corrected chi connectivity index (χ3v) is 4.55. The molecule has 1 unspecified atom stereocenters. The van der Waals surface area contributed by atoms with Gasteiger partial charge in [-0.15, -0.1) is 11.3 Å². The zero-order chi connectivity index (χ0) is 15.6. The molecule has 8 heteroatoms. The van der Waals surface area contributed by atoms with Crippen LogP contribution in [0, 0.1) is 17.0 Å². The minimum atomic E-state index is -0.386. The zero-order valence-electron chi connectivity index (χ0n) is 12.6. The van der Waals surface area contributed by atoms with Crippen molar-refractivity contribution in [1.29, 1.82) is 0 Å². The van der Waals surface area contributed by atoms with Crippen LogP contribution in [0.1, 0.15) is 42.4 Å². The lowest BCUT2D eigenvalue weighted by Crippen LogP contribution is -2.12. The summed E-state index contributed by atoms with van der Waals surface area (Å²) in [5.41, 5.74) is 0.459. The summed E-state index contributed by atoms with van der Waals surface area (Å²) in [6, 6.07) is -0.101. The number of aryl methyl sites for hydroxylation is 3. The molecule has 2 heterocycles. The van der Waals surface area contributed by atoms with Crippen molar-refractivity contribution in [2.75, 3.05) is 5.32 Å². The van der Waals surface area contributed by atoms with Gasteiger partial charge in [0.15, 0.2) is 0 Å². The molecule has 0 radical (unpaired) electrons. The van der Waals surface area contributed by atoms with Crippen molar-refractivity contribution in [3.05, 3.63) is 31.9 Å². The van der Waals surface area contributed by atoms with Crippen LogP contribution >= 0.6 is 11.3 Å². The van der Waals surface area contributed by atoms with Crippen molar-refractivity contribution in [3.63, 3.8) is 0 Å². The molecule has 1 N–H and O–H groups in total. The number of aromatic nitrogens is 3. The summed E-state index contributed by atoms with van der Waals surface area (Å²) in [6.45, 7) is 8.16. The maximum atomic E-state index is 11.2. The van der Waals surface area contributed by atoms with Gasteiger partial charge in [0.2, 0.25) is 5.82 Å². The van der Waals surface area contributed by atoms with E-state index in [9.17, 15) is 10.1 Å². The van der Waals surface area contributed by atoms with Crippen molar-refractivity contribution in [2.24, 2.45) is 0 Å². The van der Waals surface area contributed by atoms with Gasteiger partial charge in [0, 0.05) is 17.6 Å². The first-order valence-corrected chi connectivity index (χ1v) is 7.72. The monoisotopic (exact) mass is 309 g/mol. The summed E-state index contributed by atoms with van der Waals surface area (Å²) >= 11 is 1.62. The van der Waals surface area contributed by atoms with Gasteiger partial charge >= 0.3 is 5.69 Å². The highest BCUT2D eigenvalue weighted by Gasteiger charge is 2.26. The van der Waals surface area contributed by atoms with Gasteiger partial charge in [0.05, 0.1) is 11.0 Å². The number of thiazole rings is 1. The fourth-order valence-electron chi connectivity index (χ4n) is 2.12. The maximum Gasteiger partial charge on any atom is 0.333 e. The maximum absolute atomic E-state index is 11.2. The van der Waals surface area contributed by atoms with Crippen molar-refractivity contribution < 1.29 is 4.92 Å². The van der Waals surface area contributed by atoms with E-state index < -0.39 is 0 Å². The Labute approximate surface area is 127 Å². The third-order valence-electron chi connectivity index (χ3n) is 3.22. The second kappa shape index (κ2) is 6.21. The molecule has 0 fully saturated rings. The van der Waals surface area contributed by atoms with E-state index in [-0.39, 0.29) is 16.7 Å². The Morgan fingerprint density at radius 1 is 1.52 bits per heavy atom. The summed E-state index contributed by atoms with van der Waals surface area (Å²) in [7, 11) is 0. The normalized spacial score (nSPS) is 12.4. The Kier molecular flexibility index (Phi) is 4.56. The smallest absolute Gasteiger partial charge is 0.333 e. The first-order valence-electron chi connectivity index (χ1n) is 6.90. The molecular weight excluding hydrogens is 290 g/mol. The van der Waals surface area contributed by atoms with Gasteiger partial charge in [-0.3, -0.25) is 10.1 Å². The van der Waals surface area contributed by atoms with Crippen LogP contribution in [0.2, 0.25) is 0 Å². The molecule has 0 bridgehead atoms. The largest absolute Gasteiger partial charge is 0.356 e. The molecule has 0 amide bonds. The highest BCUT2D eigenvalue weighted by molar-refractivity contribution is 7.11. The Morgan fingerprint density at radius 3 is 2.76 bits per heavy atom. The molecule has 1 atom stereocenters. The van der Waals surface area contributed by atoms with Gasteiger partial charge in [0.1, 0.15) is 10.7 Å². The Balaban J connectivity index is 2.31. The summed E-state index contributed by atoms with van der Waals surface area (Å²) < 4.78 is 1.62. The first kappa shape index (κ1) is 15.4. The average molecular weight is 309 g/mol. The van der Waals surface area contributed by atoms with E-state index in [0.717, 1.165) is 11.4 Å². The molecule has 2 aromatic heterocycles. The molecule has 0 aromatic carbocycles. The molecular formula is C13H19N5O2S. The van der Waals surface area contributed by atoms with Crippen molar-refractivity contribution in [1.82, 2.24) is 14.8 Å². The van der Waals surface area contributed by atoms with Crippen LogP contribution in [0.4, 0.5) is 11.5 Å². The van der Waals surface area contributed by atoms with Crippen LogP contribution in [-0.4, -0.2) is 19.7 Å². The van der Waals surface area contributed by atoms with Gasteiger partial charge in [-0.2, -0.15) is 5.10 Å². The van der Waals surface area contributed by atoms with E-state index in [1.54, 1.807) is 22.9 Å². The number of anilines is 1. The van der Waals surface area contributed by atoms with Crippen molar-refractivity contribution in [3.8, 4) is 0 Å².